The van der Waals surface area contributed by atoms with E-state index < -0.39 is 22.5 Å². The molecule has 25 heavy (non-hydrogen) atoms. The summed E-state index contributed by atoms with van der Waals surface area (Å²) < 4.78 is 27.3. The van der Waals surface area contributed by atoms with E-state index in [2.05, 4.69) is 0 Å². The summed E-state index contributed by atoms with van der Waals surface area (Å²) in [4.78, 5) is 11.3. The lowest BCUT2D eigenvalue weighted by atomic mass is 10.1. The quantitative estimate of drug-likeness (QED) is 0.737. The van der Waals surface area contributed by atoms with Crippen molar-refractivity contribution in [2.45, 2.75) is 11.4 Å². The highest BCUT2D eigenvalue weighted by Gasteiger charge is 2.28. The number of hydrogen-bond donors (Lipinski definition) is 1. The van der Waals surface area contributed by atoms with Crippen molar-refractivity contribution in [1.29, 1.82) is 0 Å². The Balaban J connectivity index is 2.08. The fourth-order valence-electron chi connectivity index (χ4n) is 2.72. The second kappa shape index (κ2) is 7.04. The van der Waals surface area contributed by atoms with Crippen LogP contribution in [0, 0.1) is 0 Å². The van der Waals surface area contributed by atoms with Crippen molar-refractivity contribution >= 4 is 26.8 Å². The van der Waals surface area contributed by atoms with E-state index in [1.807, 2.05) is 24.3 Å². The SMILES string of the molecule is O=C(O)CN(Cc1ccccc1)S(=O)(=O)c1cccc2ccccc12. The zero-order valence-corrected chi connectivity index (χ0v) is 14.2. The van der Waals surface area contributed by atoms with Crippen LogP contribution in [0.25, 0.3) is 10.8 Å². The molecule has 0 atom stereocenters. The van der Waals surface area contributed by atoms with Gasteiger partial charge in [-0.05, 0) is 17.0 Å². The van der Waals surface area contributed by atoms with Gasteiger partial charge in [0.25, 0.3) is 0 Å². The van der Waals surface area contributed by atoms with Crippen molar-refractivity contribution in [1.82, 2.24) is 4.31 Å². The average Bonchev–Trinajstić information content (AvgIpc) is 2.61. The predicted octanol–water partition coefficient (Wildman–Crippen LogP) is 3.12. The molecule has 0 heterocycles. The number of carboxylic acids is 1. The number of carbonyl (C=O) groups is 1. The van der Waals surface area contributed by atoms with Gasteiger partial charge in [-0.1, -0.05) is 66.7 Å². The van der Waals surface area contributed by atoms with Crippen molar-refractivity contribution in [3.8, 4) is 0 Å². The normalized spacial score (nSPS) is 11.7. The third-order valence-corrected chi connectivity index (χ3v) is 5.73. The van der Waals surface area contributed by atoms with Gasteiger partial charge in [0.2, 0.25) is 10.0 Å². The lowest BCUT2D eigenvalue weighted by Crippen LogP contribution is -2.35. The van der Waals surface area contributed by atoms with Gasteiger partial charge in [-0.2, -0.15) is 4.31 Å². The highest BCUT2D eigenvalue weighted by atomic mass is 32.2. The van der Waals surface area contributed by atoms with Crippen LogP contribution in [0.2, 0.25) is 0 Å². The Hall–Kier alpha value is -2.70. The van der Waals surface area contributed by atoms with E-state index >= 15 is 0 Å². The van der Waals surface area contributed by atoms with E-state index in [4.69, 9.17) is 0 Å². The first kappa shape index (κ1) is 17.1. The first-order valence-corrected chi connectivity index (χ1v) is 9.16. The van der Waals surface area contributed by atoms with Gasteiger partial charge in [0.15, 0.2) is 0 Å². The van der Waals surface area contributed by atoms with Crippen molar-refractivity contribution in [3.05, 3.63) is 78.4 Å². The molecule has 1 N–H and O–H groups in total. The molecule has 0 aliphatic carbocycles. The second-order valence-corrected chi connectivity index (χ2v) is 7.54. The highest BCUT2D eigenvalue weighted by Crippen LogP contribution is 2.26. The number of aliphatic carboxylic acids is 1. The van der Waals surface area contributed by atoms with Crippen LogP contribution < -0.4 is 0 Å². The number of fused-ring (bicyclic) bond motifs is 1. The monoisotopic (exact) mass is 355 g/mol. The molecule has 0 saturated carbocycles. The maximum atomic E-state index is 13.1. The summed E-state index contributed by atoms with van der Waals surface area (Å²) in [7, 11) is -3.97. The molecule has 0 saturated heterocycles. The molecule has 128 valence electrons. The molecule has 3 aromatic rings. The van der Waals surface area contributed by atoms with Crippen LogP contribution >= 0.6 is 0 Å². The topological polar surface area (TPSA) is 74.7 Å². The second-order valence-electron chi connectivity index (χ2n) is 5.63. The highest BCUT2D eigenvalue weighted by molar-refractivity contribution is 7.89. The zero-order valence-electron chi connectivity index (χ0n) is 13.4. The standard InChI is InChI=1S/C19H17NO4S/c21-19(22)14-20(13-15-7-2-1-3-8-15)25(23,24)18-12-6-10-16-9-4-5-11-17(16)18/h1-12H,13-14H2,(H,21,22). The summed E-state index contributed by atoms with van der Waals surface area (Å²) in [5.41, 5.74) is 0.729. The predicted molar refractivity (Wildman–Crippen MR) is 95.6 cm³/mol. The van der Waals surface area contributed by atoms with E-state index in [0.717, 1.165) is 15.3 Å². The molecule has 0 aliphatic heterocycles. The van der Waals surface area contributed by atoms with Gasteiger partial charge in [-0.3, -0.25) is 4.79 Å². The van der Waals surface area contributed by atoms with Gasteiger partial charge < -0.3 is 5.11 Å². The fraction of sp³-hybridized carbons (Fsp3) is 0.105. The van der Waals surface area contributed by atoms with Crippen LogP contribution in [0.3, 0.4) is 0 Å². The smallest absolute Gasteiger partial charge is 0.318 e. The number of rotatable bonds is 6. The summed E-state index contributed by atoms with van der Waals surface area (Å²) in [5.74, 6) is -1.19. The van der Waals surface area contributed by atoms with Crippen LogP contribution in [0.15, 0.2) is 77.7 Å². The van der Waals surface area contributed by atoms with Crippen molar-refractivity contribution < 1.29 is 18.3 Å². The number of carboxylic acid groups (broad SMARTS) is 1. The summed E-state index contributed by atoms with van der Waals surface area (Å²) in [6.45, 7) is -0.598. The molecule has 0 bridgehead atoms. The van der Waals surface area contributed by atoms with Crippen LogP contribution in [0.5, 0.6) is 0 Å². The van der Waals surface area contributed by atoms with Crippen LogP contribution in [-0.4, -0.2) is 30.3 Å². The van der Waals surface area contributed by atoms with E-state index in [0.29, 0.717) is 5.39 Å². The summed E-state index contributed by atoms with van der Waals surface area (Å²) in [6, 6.07) is 21.1. The Labute approximate surface area is 146 Å². The van der Waals surface area contributed by atoms with Crippen LogP contribution in [0.4, 0.5) is 0 Å². The average molecular weight is 355 g/mol. The number of nitrogens with zero attached hydrogens (tertiary/aromatic N) is 1. The number of sulfonamides is 1. The molecule has 0 unspecified atom stereocenters. The van der Waals surface area contributed by atoms with Crippen LogP contribution in [0.1, 0.15) is 5.56 Å². The Kier molecular flexibility index (Phi) is 4.83. The Morgan fingerprint density at radius 1 is 0.880 bits per heavy atom. The van der Waals surface area contributed by atoms with Crippen molar-refractivity contribution in [2.75, 3.05) is 6.54 Å². The van der Waals surface area contributed by atoms with Gasteiger partial charge in [-0.25, -0.2) is 8.42 Å². The van der Waals surface area contributed by atoms with Crippen molar-refractivity contribution in [2.24, 2.45) is 0 Å². The molecule has 6 heteroatoms. The minimum absolute atomic E-state index is 0.00130. The lowest BCUT2D eigenvalue weighted by Gasteiger charge is -2.21. The van der Waals surface area contributed by atoms with Gasteiger partial charge in [0.05, 0.1) is 4.90 Å². The minimum atomic E-state index is -3.97. The lowest BCUT2D eigenvalue weighted by molar-refractivity contribution is -0.137. The summed E-state index contributed by atoms with van der Waals surface area (Å²) in [6.07, 6.45) is 0. The van der Waals surface area contributed by atoms with Crippen molar-refractivity contribution in [3.63, 3.8) is 0 Å². The Morgan fingerprint density at radius 3 is 2.24 bits per heavy atom. The van der Waals surface area contributed by atoms with Gasteiger partial charge in [-0.15, -0.1) is 0 Å². The number of benzene rings is 3. The summed E-state index contributed by atoms with van der Waals surface area (Å²) >= 11 is 0. The molecule has 0 fully saturated rings. The van der Waals surface area contributed by atoms with E-state index in [1.54, 1.807) is 42.5 Å². The van der Waals surface area contributed by atoms with Gasteiger partial charge in [0.1, 0.15) is 6.54 Å². The molecule has 5 nitrogen and oxygen atoms in total. The Morgan fingerprint density at radius 2 is 1.52 bits per heavy atom. The molecule has 0 amide bonds. The summed E-state index contributed by atoms with van der Waals surface area (Å²) in [5, 5.41) is 10.5. The zero-order chi connectivity index (χ0) is 17.9. The molecule has 0 spiro atoms. The minimum Gasteiger partial charge on any atom is -0.480 e. The third kappa shape index (κ3) is 3.70. The number of hydrogen-bond acceptors (Lipinski definition) is 3. The first-order valence-electron chi connectivity index (χ1n) is 7.72. The van der Waals surface area contributed by atoms with E-state index in [9.17, 15) is 18.3 Å². The molecule has 0 radical (unpaired) electrons. The largest absolute Gasteiger partial charge is 0.480 e. The third-order valence-electron chi connectivity index (χ3n) is 3.88. The maximum absolute atomic E-state index is 13.1. The van der Waals surface area contributed by atoms with E-state index in [1.165, 1.54) is 6.07 Å². The van der Waals surface area contributed by atoms with E-state index in [-0.39, 0.29) is 11.4 Å². The molecule has 0 aromatic heterocycles. The molecular formula is C19H17NO4S. The maximum Gasteiger partial charge on any atom is 0.318 e. The fourth-order valence-corrected chi connectivity index (χ4v) is 4.32. The molecule has 3 aromatic carbocycles. The van der Waals surface area contributed by atoms with Gasteiger partial charge in [0, 0.05) is 11.9 Å². The molecular weight excluding hydrogens is 338 g/mol. The molecule has 0 aliphatic rings. The molecule has 3 rings (SSSR count). The van der Waals surface area contributed by atoms with Gasteiger partial charge >= 0.3 is 5.97 Å². The Bertz CT molecular complexity index is 995. The van der Waals surface area contributed by atoms with Crippen LogP contribution in [-0.2, 0) is 21.4 Å². The first-order chi connectivity index (χ1) is 12.0.